The fraction of sp³-hybridized carbons (Fsp3) is 0.417. The van der Waals surface area contributed by atoms with E-state index in [4.69, 9.17) is 10.1 Å². The highest BCUT2D eigenvalue weighted by atomic mass is 19.1. The summed E-state index contributed by atoms with van der Waals surface area (Å²) in [6.07, 6.45) is 7.85. The second-order valence-electron chi connectivity index (χ2n) is 8.55. The molecule has 2 fully saturated rings. The maximum atomic E-state index is 14.1. The molecule has 1 aromatic carbocycles. The van der Waals surface area contributed by atoms with Crippen LogP contribution in [0.2, 0.25) is 0 Å². The zero-order chi connectivity index (χ0) is 22.1. The first-order valence-electron chi connectivity index (χ1n) is 11.2. The minimum absolute atomic E-state index is 0.0535. The summed E-state index contributed by atoms with van der Waals surface area (Å²) < 4.78 is 15.9. The molecule has 1 atom stereocenters. The van der Waals surface area contributed by atoms with Crippen LogP contribution in [-0.2, 0) is 18.3 Å². The minimum Gasteiger partial charge on any atom is -0.341 e. The first-order chi connectivity index (χ1) is 15.6. The van der Waals surface area contributed by atoms with Gasteiger partial charge in [-0.2, -0.15) is 5.10 Å². The number of likely N-dealkylation sites (tertiary alicyclic amines) is 1. The lowest BCUT2D eigenvalue weighted by molar-refractivity contribution is -0.131. The van der Waals surface area contributed by atoms with E-state index in [2.05, 4.69) is 9.88 Å². The van der Waals surface area contributed by atoms with Gasteiger partial charge in [-0.1, -0.05) is 18.2 Å². The van der Waals surface area contributed by atoms with Gasteiger partial charge in [0.15, 0.2) is 0 Å². The lowest BCUT2D eigenvalue weighted by Gasteiger charge is -2.24. The van der Waals surface area contributed by atoms with Crippen LogP contribution in [0.15, 0.2) is 42.7 Å². The highest BCUT2D eigenvalue weighted by Crippen LogP contribution is 2.37. The molecule has 4 heterocycles. The third-order valence-electron chi connectivity index (χ3n) is 6.35. The van der Waals surface area contributed by atoms with E-state index < -0.39 is 0 Å². The first-order valence-corrected chi connectivity index (χ1v) is 11.2. The molecule has 0 radical (unpaired) electrons. The Morgan fingerprint density at radius 1 is 1.12 bits per heavy atom. The van der Waals surface area contributed by atoms with Crippen LogP contribution in [0.3, 0.4) is 0 Å². The van der Waals surface area contributed by atoms with Crippen LogP contribution in [0.5, 0.6) is 0 Å². The second-order valence-corrected chi connectivity index (χ2v) is 8.55. The van der Waals surface area contributed by atoms with Crippen molar-refractivity contribution in [1.82, 2.24) is 24.6 Å². The first kappa shape index (κ1) is 20.6. The lowest BCUT2D eigenvalue weighted by atomic mass is 10.0. The summed E-state index contributed by atoms with van der Waals surface area (Å²) in [6.45, 7) is 2.60. The lowest BCUT2D eigenvalue weighted by Crippen LogP contribution is -2.32. The normalized spacial score (nSPS) is 18.5. The Hall–Kier alpha value is -3.29. The van der Waals surface area contributed by atoms with Crippen LogP contribution in [0.25, 0.3) is 11.3 Å². The number of carbonyl (C=O) groups excluding carboxylic acids is 1. The van der Waals surface area contributed by atoms with Crippen LogP contribution in [0.1, 0.15) is 43.0 Å². The molecule has 2 aromatic heterocycles. The number of anilines is 1. The molecule has 0 spiro atoms. The summed E-state index contributed by atoms with van der Waals surface area (Å²) in [7, 11) is 1.88. The monoisotopic (exact) mass is 434 g/mol. The Labute approximate surface area is 186 Å². The van der Waals surface area contributed by atoms with Gasteiger partial charge in [0, 0.05) is 44.6 Å². The van der Waals surface area contributed by atoms with Gasteiger partial charge in [0.2, 0.25) is 11.9 Å². The van der Waals surface area contributed by atoms with Gasteiger partial charge in [0.05, 0.1) is 23.9 Å². The Balaban J connectivity index is 1.43. The third-order valence-corrected chi connectivity index (χ3v) is 6.35. The molecule has 2 saturated heterocycles. The Kier molecular flexibility index (Phi) is 5.59. The van der Waals surface area contributed by atoms with E-state index in [9.17, 15) is 9.18 Å². The molecule has 2 aliphatic rings. The van der Waals surface area contributed by atoms with Crippen molar-refractivity contribution in [3.05, 3.63) is 59.8 Å². The van der Waals surface area contributed by atoms with Crippen molar-refractivity contribution in [2.45, 2.75) is 38.1 Å². The van der Waals surface area contributed by atoms with Crippen molar-refractivity contribution in [3.63, 3.8) is 0 Å². The number of benzene rings is 1. The van der Waals surface area contributed by atoms with Crippen molar-refractivity contribution >= 4 is 11.9 Å². The quantitative estimate of drug-likeness (QED) is 0.615. The minimum atomic E-state index is -0.342. The largest absolute Gasteiger partial charge is 0.341 e. The van der Waals surface area contributed by atoms with Crippen LogP contribution in [-0.4, -0.2) is 50.2 Å². The van der Waals surface area contributed by atoms with Crippen molar-refractivity contribution in [2.24, 2.45) is 7.05 Å². The molecule has 166 valence electrons. The fourth-order valence-electron chi connectivity index (χ4n) is 4.77. The van der Waals surface area contributed by atoms with Gasteiger partial charge in [-0.25, -0.2) is 14.4 Å². The Morgan fingerprint density at radius 3 is 2.75 bits per heavy atom. The van der Waals surface area contributed by atoms with Crippen molar-refractivity contribution < 1.29 is 9.18 Å². The van der Waals surface area contributed by atoms with Gasteiger partial charge >= 0.3 is 0 Å². The van der Waals surface area contributed by atoms with E-state index in [1.165, 1.54) is 6.07 Å². The van der Waals surface area contributed by atoms with Gasteiger partial charge in [0.1, 0.15) is 5.82 Å². The van der Waals surface area contributed by atoms with Crippen molar-refractivity contribution in [2.75, 3.05) is 24.5 Å². The molecule has 2 aliphatic heterocycles. The summed E-state index contributed by atoms with van der Waals surface area (Å²) in [5.74, 6) is 0.328. The van der Waals surface area contributed by atoms with Gasteiger partial charge in [-0.15, -0.1) is 0 Å². The zero-order valence-electron chi connectivity index (χ0n) is 18.2. The van der Waals surface area contributed by atoms with Gasteiger partial charge in [-0.3, -0.25) is 9.48 Å². The van der Waals surface area contributed by atoms with Crippen LogP contribution >= 0.6 is 0 Å². The highest BCUT2D eigenvalue weighted by Gasteiger charge is 2.34. The third kappa shape index (κ3) is 3.97. The number of hydrogen-bond acceptors (Lipinski definition) is 5. The number of halogens is 1. The zero-order valence-corrected chi connectivity index (χ0v) is 18.2. The van der Waals surface area contributed by atoms with Crippen molar-refractivity contribution in [3.8, 4) is 11.3 Å². The van der Waals surface area contributed by atoms with E-state index in [1.807, 2.05) is 24.2 Å². The van der Waals surface area contributed by atoms with Crippen LogP contribution in [0, 0.1) is 5.82 Å². The Morgan fingerprint density at radius 2 is 1.94 bits per heavy atom. The summed E-state index contributed by atoms with van der Waals surface area (Å²) in [5.41, 5.74) is 3.01. The smallest absolute Gasteiger partial charge is 0.227 e. The SMILES string of the molecule is Cn1cc(-c2ccnc(N3CCCC3)n2)c([C@H]2CCCN2C(=O)Cc2ccccc2F)n1. The number of hydrogen-bond donors (Lipinski definition) is 0. The number of aryl methyl sites for hydroxylation is 1. The molecule has 0 bridgehead atoms. The average molecular weight is 435 g/mol. The molecular weight excluding hydrogens is 407 g/mol. The maximum Gasteiger partial charge on any atom is 0.227 e. The molecule has 0 N–H and O–H groups in total. The highest BCUT2D eigenvalue weighted by molar-refractivity contribution is 5.80. The van der Waals surface area contributed by atoms with E-state index in [-0.39, 0.29) is 24.2 Å². The van der Waals surface area contributed by atoms with Gasteiger partial charge < -0.3 is 9.80 Å². The molecule has 0 saturated carbocycles. The number of carbonyl (C=O) groups is 1. The summed E-state index contributed by atoms with van der Waals surface area (Å²) >= 11 is 0. The molecule has 1 amide bonds. The number of rotatable bonds is 5. The molecule has 0 aliphatic carbocycles. The summed E-state index contributed by atoms with van der Waals surface area (Å²) in [4.78, 5) is 26.5. The van der Waals surface area contributed by atoms with Gasteiger partial charge in [-0.05, 0) is 43.4 Å². The van der Waals surface area contributed by atoms with E-state index in [0.717, 1.165) is 61.7 Å². The number of nitrogens with zero attached hydrogens (tertiary/aromatic N) is 6. The van der Waals surface area contributed by atoms with Gasteiger partial charge in [0.25, 0.3) is 0 Å². The Bertz CT molecular complexity index is 1120. The summed E-state index contributed by atoms with van der Waals surface area (Å²) in [5, 5.41) is 4.73. The molecule has 5 rings (SSSR count). The molecule has 8 heteroatoms. The van der Waals surface area contributed by atoms with E-state index in [1.54, 1.807) is 29.1 Å². The topological polar surface area (TPSA) is 67.2 Å². The molecule has 7 nitrogen and oxygen atoms in total. The molecule has 32 heavy (non-hydrogen) atoms. The van der Waals surface area contributed by atoms with Crippen LogP contribution in [0.4, 0.5) is 10.3 Å². The molecular formula is C24H27FN6O. The van der Waals surface area contributed by atoms with E-state index in [0.29, 0.717) is 12.1 Å². The second kappa shape index (κ2) is 8.68. The maximum absolute atomic E-state index is 14.1. The fourth-order valence-corrected chi connectivity index (χ4v) is 4.77. The molecule has 0 unspecified atom stereocenters. The predicted molar refractivity (Wildman–Crippen MR) is 119 cm³/mol. The predicted octanol–water partition coefficient (Wildman–Crippen LogP) is 3.52. The number of aromatic nitrogens is 4. The average Bonchev–Trinajstić information content (AvgIpc) is 3.56. The van der Waals surface area contributed by atoms with E-state index >= 15 is 0 Å². The van der Waals surface area contributed by atoms with Crippen LogP contribution < -0.4 is 4.90 Å². The molecule has 3 aromatic rings. The summed E-state index contributed by atoms with van der Waals surface area (Å²) in [6, 6.07) is 8.23. The van der Waals surface area contributed by atoms with Crippen molar-refractivity contribution in [1.29, 1.82) is 0 Å². The standard InChI is InChI=1S/C24H27FN6O/c1-29-16-18(20-10-11-26-24(27-20)30-12-4-5-13-30)23(28-29)21-9-6-14-31(21)22(32)15-17-7-2-3-8-19(17)25/h2-3,7-8,10-11,16,21H,4-6,9,12-15H2,1H3/t21-/m1/s1. The number of amides is 1.